The number of para-hydroxylation sites is 2. The van der Waals surface area contributed by atoms with Gasteiger partial charge in [0, 0.05) is 22.3 Å². The van der Waals surface area contributed by atoms with Crippen LogP contribution < -0.4 is 14.8 Å². The van der Waals surface area contributed by atoms with Gasteiger partial charge in [0.2, 0.25) is 0 Å². The first-order chi connectivity index (χ1) is 15.6. The molecule has 0 saturated carbocycles. The minimum Gasteiger partial charge on any atom is -0.493 e. The number of nitrogens with zero attached hydrogens (tertiary/aromatic N) is 1. The molecule has 5 nitrogen and oxygen atoms in total. The van der Waals surface area contributed by atoms with E-state index in [9.17, 15) is 4.79 Å². The van der Waals surface area contributed by atoms with E-state index in [1.807, 2.05) is 62.4 Å². The van der Waals surface area contributed by atoms with Crippen LogP contribution in [0.5, 0.6) is 11.5 Å². The van der Waals surface area contributed by atoms with Crippen LogP contribution in [-0.2, 0) is 12.8 Å². The van der Waals surface area contributed by atoms with Gasteiger partial charge >= 0.3 is 0 Å². The van der Waals surface area contributed by atoms with Crippen molar-refractivity contribution in [2.24, 2.45) is 4.99 Å². The average molecular weight is 449 g/mol. The van der Waals surface area contributed by atoms with Crippen molar-refractivity contribution in [1.82, 2.24) is 0 Å². The summed E-state index contributed by atoms with van der Waals surface area (Å²) in [4.78, 5) is 19.3. The van der Waals surface area contributed by atoms with Gasteiger partial charge in [0.05, 0.1) is 18.8 Å². The van der Waals surface area contributed by atoms with Crippen LogP contribution in [0, 0.1) is 0 Å². The fraction of sp³-hybridized carbons (Fsp3) is 0.308. The van der Waals surface area contributed by atoms with Gasteiger partial charge in [0.25, 0.3) is 5.91 Å². The van der Waals surface area contributed by atoms with E-state index in [4.69, 9.17) is 14.5 Å². The fourth-order valence-electron chi connectivity index (χ4n) is 3.88. The lowest BCUT2D eigenvalue weighted by molar-refractivity contribution is 0.102. The van der Waals surface area contributed by atoms with Crippen molar-refractivity contribution in [2.45, 2.75) is 45.6 Å². The smallest absolute Gasteiger partial charge is 0.259 e. The van der Waals surface area contributed by atoms with Crippen molar-refractivity contribution in [1.29, 1.82) is 0 Å². The Balaban J connectivity index is 1.71. The van der Waals surface area contributed by atoms with Crippen LogP contribution in [0.1, 0.15) is 53.1 Å². The first-order valence-corrected chi connectivity index (χ1v) is 11.8. The summed E-state index contributed by atoms with van der Waals surface area (Å²) in [5.41, 5.74) is 3.44. The Morgan fingerprint density at radius 3 is 2.62 bits per heavy atom. The number of carbonyl (C=O) groups is 1. The van der Waals surface area contributed by atoms with Crippen LogP contribution in [0.15, 0.2) is 53.5 Å². The molecule has 0 unspecified atom stereocenters. The number of amides is 1. The number of methoxy groups -OCH3 is 1. The predicted octanol–water partition coefficient (Wildman–Crippen LogP) is 6.43. The highest BCUT2D eigenvalue weighted by Crippen LogP contribution is 2.40. The number of anilines is 1. The SMILES string of the molecule is COc1cccc(C=Nc2sc3c(c2C(=O)Nc2ccccc2)CCCC3)c1OC(C)C. The summed E-state index contributed by atoms with van der Waals surface area (Å²) in [5, 5.41) is 3.78. The van der Waals surface area contributed by atoms with Crippen LogP contribution in [0.2, 0.25) is 0 Å². The van der Waals surface area contributed by atoms with Gasteiger partial charge in [-0.15, -0.1) is 11.3 Å². The Bertz CT molecular complexity index is 1120. The van der Waals surface area contributed by atoms with E-state index in [0.717, 1.165) is 47.5 Å². The predicted molar refractivity (Wildman–Crippen MR) is 131 cm³/mol. The highest BCUT2D eigenvalue weighted by Gasteiger charge is 2.25. The molecule has 0 saturated heterocycles. The zero-order valence-electron chi connectivity index (χ0n) is 18.7. The van der Waals surface area contributed by atoms with E-state index in [-0.39, 0.29) is 12.0 Å². The molecule has 2 aromatic carbocycles. The van der Waals surface area contributed by atoms with E-state index in [0.29, 0.717) is 17.1 Å². The summed E-state index contributed by atoms with van der Waals surface area (Å²) in [7, 11) is 1.63. The van der Waals surface area contributed by atoms with Crippen molar-refractivity contribution in [3.63, 3.8) is 0 Å². The monoisotopic (exact) mass is 448 g/mol. The Labute approximate surface area is 193 Å². The summed E-state index contributed by atoms with van der Waals surface area (Å²) in [6, 6.07) is 15.3. The third kappa shape index (κ3) is 4.86. The molecular weight excluding hydrogens is 420 g/mol. The molecule has 0 radical (unpaired) electrons. The van der Waals surface area contributed by atoms with Crippen LogP contribution in [0.4, 0.5) is 10.7 Å². The van der Waals surface area contributed by atoms with E-state index in [1.165, 1.54) is 4.88 Å². The number of benzene rings is 2. The average Bonchev–Trinajstić information content (AvgIpc) is 3.17. The van der Waals surface area contributed by atoms with Crippen LogP contribution >= 0.6 is 11.3 Å². The van der Waals surface area contributed by atoms with Crippen molar-refractivity contribution >= 4 is 34.1 Å². The Morgan fingerprint density at radius 1 is 1.09 bits per heavy atom. The molecule has 0 aliphatic heterocycles. The lowest BCUT2D eigenvalue weighted by Gasteiger charge is -2.15. The molecule has 0 fully saturated rings. The van der Waals surface area contributed by atoms with E-state index < -0.39 is 0 Å². The van der Waals surface area contributed by atoms with Crippen LogP contribution in [-0.4, -0.2) is 25.3 Å². The summed E-state index contributed by atoms with van der Waals surface area (Å²) < 4.78 is 11.5. The molecule has 1 aliphatic rings. The van der Waals surface area contributed by atoms with Crippen molar-refractivity contribution < 1.29 is 14.3 Å². The Hall–Kier alpha value is -3.12. The number of thiophene rings is 1. The molecule has 1 amide bonds. The van der Waals surface area contributed by atoms with Gasteiger partial charge in [-0.25, -0.2) is 4.99 Å². The summed E-state index contributed by atoms with van der Waals surface area (Å²) in [5.74, 6) is 1.22. The molecule has 166 valence electrons. The maximum absolute atomic E-state index is 13.3. The summed E-state index contributed by atoms with van der Waals surface area (Å²) >= 11 is 1.62. The van der Waals surface area contributed by atoms with Gasteiger partial charge in [0.1, 0.15) is 5.00 Å². The fourth-order valence-corrected chi connectivity index (χ4v) is 5.11. The zero-order chi connectivity index (χ0) is 22.5. The second kappa shape index (κ2) is 10.0. The molecule has 0 spiro atoms. The Morgan fingerprint density at radius 2 is 1.88 bits per heavy atom. The van der Waals surface area contributed by atoms with E-state index >= 15 is 0 Å². The molecule has 1 N–H and O–H groups in total. The molecule has 0 bridgehead atoms. The third-order valence-corrected chi connectivity index (χ3v) is 6.51. The molecule has 1 heterocycles. The number of hydrogen-bond acceptors (Lipinski definition) is 5. The number of carbonyl (C=O) groups excluding carboxylic acids is 1. The number of aliphatic imine (C=N–C) groups is 1. The Kier molecular flexibility index (Phi) is 6.90. The van der Waals surface area contributed by atoms with Gasteiger partial charge in [-0.05, 0) is 69.4 Å². The molecule has 1 aromatic heterocycles. The number of fused-ring (bicyclic) bond motifs is 1. The molecule has 3 aromatic rings. The van der Waals surface area contributed by atoms with Crippen LogP contribution in [0.3, 0.4) is 0 Å². The van der Waals surface area contributed by atoms with E-state index in [1.54, 1.807) is 24.7 Å². The number of aryl methyl sites for hydroxylation is 1. The van der Waals surface area contributed by atoms with Gasteiger partial charge < -0.3 is 14.8 Å². The quantitative estimate of drug-likeness (QED) is 0.424. The van der Waals surface area contributed by atoms with Crippen molar-refractivity contribution in [3.8, 4) is 11.5 Å². The maximum Gasteiger partial charge on any atom is 0.259 e. The highest BCUT2D eigenvalue weighted by atomic mass is 32.1. The number of ether oxygens (including phenoxy) is 2. The molecule has 32 heavy (non-hydrogen) atoms. The second-order valence-electron chi connectivity index (χ2n) is 8.01. The molecule has 0 atom stereocenters. The molecule has 6 heteroatoms. The summed E-state index contributed by atoms with van der Waals surface area (Å²) in [6.07, 6.45) is 5.94. The molecular formula is C26H28N2O3S. The van der Waals surface area contributed by atoms with Gasteiger partial charge in [-0.2, -0.15) is 0 Å². The first kappa shape index (κ1) is 22.1. The lowest BCUT2D eigenvalue weighted by atomic mass is 9.95. The van der Waals surface area contributed by atoms with Crippen molar-refractivity contribution in [2.75, 3.05) is 12.4 Å². The number of hydrogen-bond donors (Lipinski definition) is 1. The number of rotatable bonds is 7. The first-order valence-electron chi connectivity index (χ1n) is 11.0. The number of nitrogens with one attached hydrogen (secondary N) is 1. The molecule has 4 rings (SSSR count). The molecule has 1 aliphatic carbocycles. The van der Waals surface area contributed by atoms with Gasteiger partial charge in [-0.1, -0.05) is 24.3 Å². The lowest BCUT2D eigenvalue weighted by Crippen LogP contribution is -2.14. The minimum atomic E-state index is -0.105. The van der Waals surface area contributed by atoms with Crippen LogP contribution in [0.25, 0.3) is 0 Å². The standard InChI is InChI=1S/C26H28N2O3S/c1-17(2)31-24-18(10-9-14-21(24)30-3)16-27-26-23(20-13-7-8-15-22(20)32-26)25(29)28-19-11-5-4-6-12-19/h4-6,9-12,14,16-17H,7-8,13,15H2,1-3H3,(H,28,29). The third-order valence-electron chi connectivity index (χ3n) is 5.32. The minimum absolute atomic E-state index is 0.000266. The maximum atomic E-state index is 13.3. The second-order valence-corrected chi connectivity index (χ2v) is 9.10. The normalized spacial score (nSPS) is 13.2. The van der Waals surface area contributed by atoms with Gasteiger partial charge in [-0.3, -0.25) is 4.79 Å². The van der Waals surface area contributed by atoms with E-state index in [2.05, 4.69) is 5.32 Å². The zero-order valence-corrected chi connectivity index (χ0v) is 19.5. The van der Waals surface area contributed by atoms with Crippen molar-refractivity contribution in [3.05, 3.63) is 70.1 Å². The summed E-state index contributed by atoms with van der Waals surface area (Å²) in [6.45, 7) is 3.96. The van der Waals surface area contributed by atoms with Gasteiger partial charge in [0.15, 0.2) is 11.5 Å². The topological polar surface area (TPSA) is 59.9 Å². The largest absolute Gasteiger partial charge is 0.493 e. The highest BCUT2D eigenvalue weighted by molar-refractivity contribution is 7.16.